The molecule has 0 radical (unpaired) electrons. The second-order valence-electron chi connectivity index (χ2n) is 5.92. The van der Waals surface area contributed by atoms with Crippen molar-refractivity contribution in [3.8, 4) is 0 Å². The molecule has 0 atom stereocenters. The van der Waals surface area contributed by atoms with E-state index in [0.29, 0.717) is 0 Å². The Kier molecular flexibility index (Phi) is 13.8. The summed E-state index contributed by atoms with van der Waals surface area (Å²) in [5.74, 6) is 0. The molecule has 0 aliphatic carbocycles. The summed E-state index contributed by atoms with van der Waals surface area (Å²) in [6, 6.07) is 15.8. The van der Waals surface area contributed by atoms with Crippen LogP contribution in [0.15, 0.2) is 42.5 Å². The van der Waals surface area contributed by atoms with Crippen molar-refractivity contribution in [3.63, 3.8) is 0 Å². The van der Waals surface area contributed by atoms with Crippen LogP contribution in [0.3, 0.4) is 0 Å². The van der Waals surface area contributed by atoms with Crippen LogP contribution in [0.25, 0.3) is 0 Å². The number of halogens is 3. The minimum absolute atomic E-state index is 0. The van der Waals surface area contributed by atoms with Gasteiger partial charge in [0, 0.05) is 8.07 Å². The van der Waals surface area contributed by atoms with Crippen LogP contribution in [0, 0.1) is 6.92 Å². The van der Waals surface area contributed by atoms with E-state index in [1.54, 1.807) is 5.19 Å². The summed E-state index contributed by atoms with van der Waals surface area (Å²) in [5.41, 5.74) is 4.21. The first kappa shape index (κ1) is 26.3. The summed E-state index contributed by atoms with van der Waals surface area (Å²) in [7, 11) is -1.14. The van der Waals surface area contributed by atoms with Gasteiger partial charge in [-0.1, -0.05) is 55.0 Å². The Hall–Kier alpha value is 0.371. The molecule has 21 heavy (non-hydrogen) atoms. The molecule has 0 fully saturated rings. The molecule has 5 heteroatoms. The fourth-order valence-electron chi connectivity index (χ4n) is 2.13. The van der Waals surface area contributed by atoms with Crippen LogP contribution in [0.5, 0.6) is 0 Å². The van der Waals surface area contributed by atoms with Crippen molar-refractivity contribution < 1.29 is 58.9 Å². The molecule has 2 aromatic rings. The monoisotopic (exact) mass is 394 g/mol. The Labute approximate surface area is 163 Å². The normalized spacial score (nSPS) is 9.52. The first-order valence-corrected chi connectivity index (χ1v) is 9.77. The van der Waals surface area contributed by atoms with E-state index in [1.165, 1.54) is 16.7 Å². The Morgan fingerprint density at radius 2 is 1.62 bits per heavy atom. The fourth-order valence-corrected chi connectivity index (χ4v) is 3.33. The van der Waals surface area contributed by atoms with Crippen LogP contribution in [0.4, 0.5) is 0 Å². The third kappa shape index (κ3) is 7.97. The largest absolute Gasteiger partial charge is 4.00 e. The van der Waals surface area contributed by atoms with Crippen molar-refractivity contribution in [2.45, 2.75) is 33.0 Å². The van der Waals surface area contributed by atoms with E-state index < -0.39 is 8.07 Å². The van der Waals surface area contributed by atoms with E-state index in [9.17, 15) is 0 Å². The maximum Gasteiger partial charge on any atom is 4.00 e. The summed E-state index contributed by atoms with van der Waals surface area (Å²) in [4.78, 5) is 0. The second-order valence-corrected chi connectivity index (χ2v) is 11.0. The van der Waals surface area contributed by atoms with E-state index in [1.807, 2.05) is 0 Å². The van der Waals surface area contributed by atoms with Gasteiger partial charge in [-0.2, -0.15) is 17.7 Å². The Balaban J connectivity index is -0.000000810. The molecular weight excluding hydrogens is 374 g/mol. The maximum absolute atomic E-state index is 2.40. The number of hydrogen-bond donors (Lipinski definition) is 0. The van der Waals surface area contributed by atoms with Gasteiger partial charge in [-0.15, -0.1) is 0 Å². The minimum atomic E-state index is -1.14. The van der Waals surface area contributed by atoms with Crippen molar-refractivity contribution in [1.82, 2.24) is 0 Å². The molecule has 0 aromatic heterocycles. The molecule has 0 spiro atoms. The maximum atomic E-state index is 2.40. The van der Waals surface area contributed by atoms with Gasteiger partial charge in [0.15, 0.2) is 0 Å². The van der Waals surface area contributed by atoms with Crippen LogP contribution in [-0.2, 0) is 28.1 Å². The molecule has 0 saturated carbocycles. The average molecular weight is 396 g/mol. The van der Waals surface area contributed by atoms with E-state index >= 15 is 0 Å². The first-order chi connectivity index (χ1) is 7.95. The van der Waals surface area contributed by atoms with E-state index in [0.717, 1.165) is 6.42 Å². The summed E-state index contributed by atoms with van der Waals surface area (Å²) >= 11 is 0. The standard InChI is InChI=1S/C16H21Si.3ClH.Ti/c1-13-6-5-7-14(10-13)11-15-8-9-16(12-15)17(2,3)4;;;;/h5-10,12H,11H2,1-4H3;3*1H;/q-1;;;;+4/p-3. The van der Waals surface area contributed by atoms with E-state index in [-0.39, 0.29) is 58.9 Å². The number of hydrogen-bond acceptors (Lipinski definition) is 0. The van der Waals surface area contributed by atoms with Gasteiger partial charge in [-0.25, -0.2) is 11.3 Å². The predicted molar refractivity (Wildman–Crippen MR) is 79.0 cm³/mol. The molecule has 0 aliphatic rings. The van der Waals surface area contributed by atoms with Gasteiger partial charge in [-0.3, -0.25) is 0 Å². The third-order valence-corrected chi connectivity index (χ3v) is 5.22. The second kappa shape index (κ2) is 11.0. The van der Waals surface area contributed by atoms with Gasteiger partial charge in [0.05, 0.1) is 0 Å². The Morgan fingerprint density at radius 3 is 2.10 bits per heavy atom. The fraction of sp³-hybridized carbons (Fsp3) is 0.312. The first-order valence-electron chi connectivity index (χ1n) is 6.27. The van der Waals surface area contributed by atoms with E-state index in [2.05, 4.69) is 69.0 Å². The minimum Gasteiger partial charge on any atom is -1.00 e. The predicted octanol–water partition coefficient (Wildman–Crippen LogP) is -5.14. The smallest absolute Gasteiger partial charge is 1.00 e. The van der Waals surface area contributed by atoms with Crippen LogP contribution in [0.1, 0.15) is 16.7 Å². The number of aryl methyl sites for hydroxylation is 1. The zero-order valence-electron chi connectivity index (χ0n) is 12.9. The molecule has 0 saturated heterocycles. The Morgan fingerprint density at radius 1 is 1.00 bits per heavy atom. The quantitative estimate of drug-likeness (QED) is 0.360. The summed E-state index contributed by atoms with van der Waals surface area (Å²) in [6.07, 6.45) is 1.06. The number of benzene rings is 1. The third-order valence-electron chi connectivity index (χ3n) is 3.17. The Bertz CT molecular complexity index is 518. The molecule has 0 nitrogen and oxygen atoms in total. The van der Waals surface area contributed by atoms with Gasteiger partial charge < -0.3 is 37.2 Å². The molecule has 0 aliphatic heterocycles. The SMILES string of the molecule is Cc1cccc(C[c-]2ccc([Si](C)(C)C)c2)c1.[Cl-].[Cl-].[Cl-].[Ti+4]. The van der Waals surface area contributed by atoms with Crippen molar-refractivity contribution in [1.29, 1.82) is 0 Å². The van der Waals surface area contributed by atoms with Gasteiger partial charge in [-0.05, 0) is 13.3 Å². The van der Waals surface area contributed by atoms with Gasteiger partial charge >= 0.3 is 21.7 Å². The average Bonchev–Trinajstić information content (AvgIpc) is 2.65. The summed E-state index contributed by atoms with van der Waals surface area (Å²) in [6.45, 7) is 9.36. The van der Waals surface area contributed by atoms with Crippen molar-refractivity contribution in [3.05, 3.63) is 59.2 Å². The van der Waals surface area contributed by atoms with Crippen LogP contribution >= 0.6 is 0 Å². The summed E-state index contributed by atoms with van der Waals surface area (Å²) in [5, 5.41) is 1.57. The van der Waals surface area contributed by atoms with Gasteiger partial charge in [0.2, 0.25) is 0 Å². The summed E-state index contributed by atoms with van der Waals surface area (Å²) < 4.78 is 0. The molecule has 0 bridgehead atoms. The molecular formula is C16H21Cl3SiTi. The van der Waals surface area contributed by atoms with Crippen LogP contribution in [-0.4, -0.2) is 8.07 Å². The van der Waals surface area contributed by atoms with Crippen molar-refractivity contribution >= 4 is 13.3 Å². The number of rotatable bonds is 3. The molecule has 0 N–H and O–H groups in total. The topological polar surface area (TPSA) is 0 Å². The zero-order chi connectivity index (χ0) is 12.5. The van der Waals surface area contributed by atoms with Crippen LogP contribution < -0.4 is 42.4 Å². The molecule has 114 valence electrons. The van der Waals surface area contributed by atoms with Gasteiger partial charge in [0.1, 0.15) is 0 Å². The zero-order valence-corrected chi connectivity index (χ0v) is 17.7. The van der Waals surface area contributed by atoms with Crippen molar-refractivity contribution in [2.24, 2.45) is 0 Å². The molecule has 2 rings (SSSR count). The van der Waals surface area contributed by atoms with Crippen LogP contribution in [0.2, 0.25) is 19.6 Å². The molecule has 0 unspecified atom stereocenters. The van der Waals surface area contributed by atoms with Crippen molar-refractivity contribution in [2.75, 3.05) is 0 Å². The molecule has 0 heterocycles. The van der Waals surface area contributed by atoms with E-state index in [4.69, 9.17) is 0 Å². The molecule has 0 amide bonds. The molecule has 2 aromatic carbocycles. The van der Waals surface area contributed by atoms with Gasteiger partial charge in [0.25, 0.3) is 0 Å².